The zero-order valence-electron chi connectivity index (χ0n) is 20.1. The zero-order chi connectivity index (χ0) is 25.4. The van der Waals surface area contributed by atoms with Crippen molar-refractivity contribution in [3.05, 3.63) is 81.0 Å². The Morgan fingerprint density at radius 2 is 1.84 bits per heavy atom. The molecule has 0 fully saturated rings. The normalized spacial score (nSPS) is 13.0. The van der Waals surface area contributed by atoms with E-state index in [2.05, 4.69) is 14.7 Å². The molecule has 10 heteroatoms. The number of hydrogen-bond acceptors (Lipinski definition) is 8. The highest BCUT2D eigenvalue weighted by Crippen LogP contribution is 2.35. The molecule has 3 aromatic heterocycles. The third-order valence-electron chi connectivity index (χ3n) is 6.28. The van der Waals surface area contributed by atoms with Crippen molar-refractivity contribution in [2.24, 2.45) is 0 Å². The number of fused-ring (bicyclic) bond motifs is 3. The third-order valence-corrected chi connectivity index (χ3v) is 9.17. The molecule has 1 aliphatic rings. The minimum atomic E-state index is -0.252. The Balaban J connectivity index is 1.26. The van der Waals surface area contributed by atoms with Crippen molar-refractivity contribution in [3.63, 3.8) is 0 Å². The van der Waals surface area contributed by atoms with Crippen LogP contribution in [0.2, 0.25) is 0 Å². The average molecular weight is 546 g/mol. The lowest BCUT2D eigenvalue weighted by molar-refractivity contribution is -0.113. The fourth-order valence-corrected chi connectivity index (χ4v) is 7.21. The molecule has 0 saturated carbocycles. The summed E-state index contributed by atoms with van der Waals surface area (Å²) in [6.45, 7) is 2.03. The van der Waals surface area contributed by atoms with Crippen molar-refractivity contribution in [2.75, 3.05) is 11.1 Å². The van der Waals surface area contributed by atoms with Gasteiger partial charge >= 0.3 is 0 Å². The van der Waals surface area contributed by atoms with Crippen molar-refractivity contribution in [3.8, 4) is 16.3 Å². The van der Waals surface area contributed by atoms with Gasteiger partial charge in [0, 0.05) is 10.4 Å². The lowest BCUT2D eigenvalue weighted by atomic mass is 9.97. The molecule has 37 heavy (non-hydrogen) atoms. The van der Waals surface area contributed by atoms with Gasteiger partial charge in [-0.05, 0) is 61.8 Å². The summed E-state index contributed by atoms with van der Waals surface area (Å²) in [7, 11) is 0. The number of hydrogen-bond donors (Lipinski definition) is 1. The maximum absolute atomic E-state index is 13.8. The van der Waals surface area contributed by atoms with Gasteiger partial charge in [0.2, 0.25) is 11.9 Å². The van der Waals surface area contributed by atoms with Crippen molar-refractivity contribution < 1.29 is 4.79 Å². The first-order valence-corrected chi connectivity index (χ1v) is 14.6. The molecular weight excluding hydrogens is 523 g/mol. The first-order valence-electron chi connectivity index (χ1n) is 12.0. The number of nitrogens with zero attached hydrogens (tertiary/aromatic N) is 4. The number of aromatic nitrogens is 4. The van der Waals surface area contributed by atoms with Crippen LogP contribution in [0.15, 0.2) is 64.5 Å². The standard InChI is InChI=1S/C27H23N5O2S3/c1-16-11-13-17(14-12-16)23-29-26(31-37-23)28-21(33)15-35-27-30-24-22(19-9-5-6-10-20(19)36-24)25(34)32(27)18-7-3-2-4-8-18/h2-4,7-8,11-14H,5-6,9-10,15H2,1H3,(H,28,31,33). The van der Waals surface area contributed by atoms with E-state index in [1.807, 2.05) is 61.5 Å². The Hall–Kier alpha value is -3.34. The van der Waals surface area contributed by atoms with Crippen LogP contribution in [-0.2, 0) is 17.6 Å². The number of carbonyl (C=O) groups excluding carboxylic acids is 1. The second kappa shape index (κ2) is 10.2. The summed E-state index contributed by atoms with van der Waals surface area (Å²) < 4.78 is 5.92. The van der Waals surface area contributed by atoms with Gasteiger partial charge in [0.25, 0.3) is 5.56 Å². The summed E-state index contributed by atoms with van der Waals surface area (Å²) in [5, 5.41) is 4.76. The van der Waals surface area contributed by atoms with E-state index in [4.69, 9.17) is 4.98 Å². The molecule has 3 heterocycles. The second-order valence-electron chi connectivity index (χ2n) is 8.89. The lowest BCUT2D eigenvalue weighted by Gasteiger charge is -2.13. The van der Waals surface area contributed by atoms with E-state index >= 15 is 0 Å². The molecule has 0 aliphatic heterocycles. The van der Waals surface area contributed by atoms with Crippen molar-refractivity contribution in [1.29, 1.82) is 0 Å². The van der Waals surface area contributed by atoms with Crippen molar-refractivity contribution in [2.45, 2.75) is 37.8 Å². The van der Waals surface area contributed by atoms with Crippen LogP contribution in [0.3, 0.4) is 0 Å². The molecule has 0 spiro atoms. The number of nitrogens with one attached hydrogen (secondary N) is 1. The molecule has 1 N–H and O–H groups in total. The molecule has 7 nitrogen and oxygen atoms in total. The van der Waals surface area contributed by atoms with Crippen molar-refractivity contribution in [1.82, 2.24) is 18.9 Å². The quantitative estimate of drug-likeness (QED) is 0.212. The minimum Gasteiger partial charge on any atom is -0.293 e. The van der Waals surface area contributed by atoms with E-state index in [9.17, 15) is 9.59 Å². The zero-order valence-corrected chi connectivity index (χ0v) is 22.5. The number of rotatable bonds is 6. The van der Waals surface area contributed by atoms with E-state index in [0.29, 0.717) is 5.16 Å². The first-order chi connectivity index (χ1) is 18.1. The Labute approximate surface area is 225 Å². The molecule has 2 aromatic carbocycles. The van der Waals surface area contributed by atoms with E-state index < -0.39 is 0 Å². The highest BCUT2D eigenvalue weighted by atomic mass is 32.2. The largest absolute Gasteiger partial charge is 0.293 e. The van der Waals surface area contributed by atoms with E-state index in [1.54, 1.807) is 15.9 Å². The van der Waals surface area contributed by atoms with Crippen LogP contribution in [0, 0.1) is 6.92 Å². The van der Waals surface area contributed by atoms with Crippen LogP contribution in [0.4, 0.5) is 5.95 Å². The van der Waals surface area contributed by atoms with Gasteiger partial charge < -0.3 is 0 Å². The van der Waals surface area contributed by atoms with Gasteiger partial charge in [0.1, 0.15) is 9.84 Å². The Kier molecular flexibility index (Phi) is 6.62. The van der Waals surface area contributed by atoms with Crippen LogP contribution >= 0.6 is 34.6 Å². The van der Waals surface area contributed by atoms with Crippen molar-refractivity contribution >= 4 is 56.7 Å². The molecule has 0 saturated heterocycles. The topological polar surface area (TPSA) is 89.8 Å². The number of amides is 1. The highest BCUT2D eigenvalue weighted by molar-refractivity contribution is 7.99. The molecule has 0 radical (unpaired) electrons. The van der Waals surface area contributed by atoms with Gasteiger partial charge in [0.15, 0.2) is 5.16 Å². The van der Waals surface area contributed by atoms with Gasteiger partial charge in [-0.25, -0.2) is 4.98 Å². The number of para-hydroxylation sites is 1. The third kappa shape index (κ3) is 4.84. The number of anilines is 1. The van der Waals surface area contributed by atoms with E-state index in [-0.39, 0.29) is 23.2 Å². The molecule has 6 rings (SSSR count). The van der Waals surface area contributed by atoms with E-state index in [0.717, 1.165) is 57.7 Å². The van der Waals surface area contributed by atoms with Gasteiger partial charge in [-0.15, -0.1) is 11.3 Å². The molecular formula is C27H23N5O2S3. The lowest BCUT2D eigenvalue weighted by Crippen LogP contribution is -2.23. The molecule has 5 aromatic rings. The predicted molar refractivity (Wildman–Crippen MR) is 151 cm³/mol. The fraction of sp³-hybridized carbons (Fsp3) is 0.222. The fourth-order valence-electron chi connectivity index (χ4n) is 4.47. The summed E-state index contributed by atoms with van der Waals surface area (Å²) in [5.74, 6) is 0.105. The summed E-state index contributed by atoms with van der Waals surface area (Å²) in [6.07, 6.45) is 4.15. The number of benzene rings is 2. The van der Waals surface area contributed by atoms with E-state index in [1.165, 1.54) is 33.7 Å². The van der Waals surface area contributed by atoms with Gasteiger partial charge in [-0.2, -0.15) is 9.36 Å². The summed E-state index contributed by atoms with van der Waals surface area (Å²) in [5.41, 5.74) is 3.96. The number of carbonyl (C=O) groups is 1. The molecule has 1 aliphatic carbocycles. The van der Waals surface area contributed by atoms with Crippen LogP contribution in [0.5, 0.6) is 0 Å². The highest BCUT2D eigenvalue weighted by Gasteiger charge is 2.23. The molecule has 186 valence electrons. The van der Waals surface area contributed by atoms with Crippen LogP contribution in [0.1, 0.15) is 28.8 Å². The average Bonchev–Trinajstić information content (AvgIpc) is 3.53. The van der Waals surface area contributed by atoms with Gasteiger partial charge in [0.05, 0.1) is 16.8 Å². The SMILES string of the molecule is Cc1ccc(-c2nc(NC(=O)CSc3nc4sc5c(c4c(=O)n3-c3ccccc3)CCCC5)ns2)cc1. The maximum atomic E-state index is 13.8. The Morgan fingerprint density at radius 3 is 2.65 bits per heavy atom. The molecule has 0 unspecified atom stereocenters. The first kappa shape index (κ1) is 24.0. The second-order valence-corrected chi connectivity index (χ2v) is 11.7. The maximum Gasteiger partial charge on any atom is 0.267 e. The van der Waals surface area contributed by atoms with Gasteiger partial charge in [-0.3, -0.25) is 19.5 Å². The predicted octanol–water partition coefficient (Wildman–Crippen LogP) is 5.88. The summed E-state index contributed by atoms with van der Waals surface area (Å²) in [6, 6.07) is 17.5. The number of thiophene rings is 1. The van der Waals surface area contributed by atoms with Crippen LogP contribution in [0.25, 0.3) is 26.5 Å². The summed E-state index contributed by atoms with van der Waals surface area (Å²) in [4.78, 5) is 38.0. The smallest absolute Gasteiger partial charge is 0.267 e. The van der Waals surface area contributed by atoms with Crippen LogP contribution < -0.4 is 10.9 Å². The summed E-state index contributed by atoms with van der Waals surface area (Å²) >= 11 is 4.10. The Morgan fingerprint density at radius 1 is 1.05 bits per heavy atom. The monoisotopic (exact) mass is 545 g/mol. The molecule has 0 atom stereocenters. The van der Waals surface area contributed by atoms with Gasteiger partial charge in [-0.1, -0.05) is 59.8 Å². The van der Waals surface area contributed by atoms with Crippen LogP contribution in [-0.4, -0.2) is 30.6 Å². The molecule has 0 bridgehead atoms. The number of aryl methyl sites for hydroxylation is 3. The Bertz CT molecular complexity index is 1660. The molecule has 1 amide bonds. The number of thioether (sulfide) groups is 1. The minimum absolute atomic E-state index is 0.0672.